The Balaban J connectivity index is 0.00000160. The monoisotopic (exact) mass is 507 g/mol. The van der Waals surface area contributed by atoms with Crippen LogP contribution in [-0.2, 0) is 4.74 Å². The summed E-state index contributed by atoms with van der Waals surface area (Å²) in [6.07, 6.45) is 0. The van der Waals surface area contributed by atoms with Crippen molar-refractivity contribution in [1.82, 2.24) is 14.7 Å². The maximum atomic E-state index is 6.13. The predicted octanol–water partition coefficient (Wildman–Crippen LogP) is 4.64. The summed E-state index contributed by atoms with van der Waals surface area (Å²) in [4.78, 5) is 7.75. The van der Waals surface area contributed by atoms with Crippen molar-refractivity contribution in [2.24, 2.45) is 0 Å². The molecule has 0 saturated carbocycles. The van der Waals surface area contributed by atoms with Gasteiger partial charge in [-0.2, -0.15) is 0 Å². The van der Waals surface area contributed by atoms with Crippen LogP contribution in [-0.4, -0.2) is 80.3 Å². The third kappa shape index (κ3) is 8.06. The lowest BCUT2D eigenvalue weighted by Gasteiger charge is -2.40. The highest BCUT2D eigenvalue weighted by molar-refractivity contribution is 6.30. The number of hydrogen-bond acceptors (Lipinski definition) is 4. The molecule has 0 N–H and O–H groups in total. The summed E-state index contributed by atoms with van der Waals surface area (Å²) in [5.74, 6) is 0. The molecule has 8 heteroatoms. The van der Waals surface area contributed by atoms with E-state index in [-0.39, 0.29) is 37.2 Å². The smallest absolute Gasteiger partial charge is 0.0602 e. The number of halogens is 4. The third-order valence-corrected chi connectivity index (χ3v) is 6.16. The third-order valence-electron chi connectivity index (χ3n) is 5.91. The first kappa shape index (κ1) is 28.5. The molecule has 0 amide bonds. The summed E-state index contributed by atoms with van der Waals surface area (Å²) in [5, 5.41) is 0.795. The highest BCUT2D eigenvalue weighted by Gasteiger charge is 2.26. The van der Waals surface area contributed by atoms with Crippen molar-refractivity contribution in [2.75, 3.05) is 65.6 Å². The molecule has 0 aliphatic carbocycles. The van der Waals surface area contributed by atoms with E-state index >= 15 is 0 Å². The van der Waals surface area contributed by atoms with Crippen LogP contribution in [0, 0.1) is 0 Å². The second kappa shape index (κ2) is 14.6. The Labute approximate surface area is 210 Å². The van der Waals surface area contributed by atoms with Crippen LogP contribution in [0.15, 0.2) is 54.6 Å². The molecule has 2 aliphatic heterocycles. The second-order valence-electron chi connectivity index (χ2n) is 7.70. The van der Waals surface area contributed by atoms with E-state index in [1.165, 1.54) is 11.1 Å². The minimum absolute atomic E-state index is 0. The van der Waals surface area contributed by atoms with E-state index in [9.17, 15) is 0 Å². The SMILES string of the molecule is Cl.Cl.Cl.Clc1ccc(C(c2ccccc2)N2CCN(CCN3CCOCC3)CC2)cc1. The zero-order chi connectivity index (χ0) is 19.2. The van der Waals surface area contributed by atoms with Crippen molar-refractivity contribution < 1.29 is 4.74 Å². The Morgan fingerprint density at radius 3 is 1.77 bits per heavy atom. The molecular weight excluding hydrogens is 476 g/mol. The number of morpholine rings is 1. The lowest BCUT2D eigenvalue weighted by molar-refractivity contribution is 0.0287. The van der Waals surface area contributed by atoms with Crippen LogP contribution < -0.4 is 0 Å². The lowest BCUT2D eigenvalue weighted by atomic mass is 9.96. The van der Waals surface area contributed by atoms with Gasteiger partial charge in [-0.25, -0.2) is 0 Å². The summed E-state index contributed by atoms with van der Waals surface area (Å²) in [5.41, 5.74) is 2.67. The van der Waals surface area contributed by atoms with Gasteiger partial charge >= 0.3 is 0 Å². The van der Waals surface area contributed by atoms with Gasteiger partial charge in [0, 0.05) is 57.4 Å². The second-order valence-corrected chi connectivity index (χ2v) is 8.13. The topological polar surface area (TPSA) is 19.0 Å². The molecule has 0 radical (unpaired) electrons. The molecule has 2 aromatic rings. The van der Waals surface area contributed by atoms with Gasteiger partial charge in [0.05, 0.1) is 19.3 Å². The number of hydrogen-bond donors (Lipinski definition) is 0. The fraction of sp³-hybridized carbons (Fsp3) is 0.478. The fourth-order valence-electron chi connectivity index (χ4n) is 4.25. The lowest BCUT2D eigenvalue weighted by Crippen LogP contribution is -2.50. The van der Waals surface area contributed by atoms with Crippen LogP contribution >= 0.6 is 48.8 Å². The summed E-state index contributed by atoms with van der Waals surface area (Å²) in [6, 6.07) is 19.5. The van der Waals surface area contributed by atoms with Crippen molar-refractivity contribution >= 4 is 48.8 Å². The van der Waals surface area contributed by atoms with Crippen LogP contribution in [0.3, 0.4) is 0 Å². The molecule has 0 spiro atoms. The number of ether oxygens (including phenoxy) is 1. The van der Waals surface area contributed by atoms with E-state index in [4.69, 9.17) is 16.3 Å². The van der Waals surface area contributed by atoms with Gasteiger partial charge in [0.1, 0.15) is 0 Å². The van der Waals surface area contributed by atoms with E-state index in [1.807, 2.05) is 12.1 Å². The molecule has 4 rings (SSSR count). The average molecular weight is 509 g/mol. The number of piperazine rings is 1. The first-order chi connectivity index (χ1) is 13.8. The first-order valence-corrected chi connectivity index (χ1v) is 10.7. The quantitative estimate of drug-likeness (QED) is 0.565. The molecule has 0 aromatic heterocycles. The molecule has 1 atom stereocenters. The van der Waals surface area contributed by atoms with Gasteiger partial charge in [-0.1, -0.05) is 54.1 Å². The van der Waals surface area contributed by atoms with E-state index in [2.05, 4.69) is 57.2 Å². The van der Waals surface area contributed by atoms with Crippen LogP contribution in [0.5, 0.6) is 0 Å². The van der Waals surface area contributed by atoms with Gasteiger partial charge in [0.25, 0.3) is 0 Å². The van der Waals surface area contributed by atoms with Crippen molar-refractivity contribution in [3.63, 3.8) is 0 Å². The Hall–Kier alpha value is -0.560. The number of nitrogens with zero attached hydrogens (tertiary/aromatic N) is 3. The molecule has 2 aromatic carbocycles. The van der Waals surface area contributed by atoms with Gasteiger partial charge < -0.3 is 4.74 Å². The van der Waals surface area contributed by atoms with Gasteiger partial charge in [0.2, 0.25) is 0 Å². The highest BCUT2D eigenvalue weighted by Crippen LogP contribution is 2.30. The Morgan fingerprint density at radius 1 is 0.677 bits per heavy atom. The molecule has 2 saturated heterocycles. The maximum Gasteiger partial charge on any atom is 0.0602 e. The van der Waals surface area contributed by atoms with Crippen LogP contribution in [0.2, 0.25) is 5.02 Å². The van der Waals surface area contributed by atoms with Crippen LogP contribution in [0.4, 0.5) is 0 Å². The number of benzene rings is 2. The van der Waals surface area contributed by atoms with Gasteiger partial charge in [-0.3, -0.25) is 14.7 Å². The molecule has 2 aliphatic rings. The Kier molecular flexibility index (Phi) is 13.4. The van der Waals surface area contributed by atoms with E-state index in [1.54, 1.807) is 0 Å². The summed E-state index contributed by atoms with van der Waals surface area (Å²) in [6.45, 7) is 10.7. The molecular formula is C23H33Cl4N3O. The normalized spacial score (nSPS) is 18.9. The fourth-order valence-corrected chi connectivity index (χ4v) is 4.37. The zero-order valence-electron chi connectivity index (χ0n) is 17.7. The molecule has 174 valence electrons. The van der Waals surface area contributed by atoms with Crippen molar-refractivity contribution in [3.8, 4) is 0 Å². The predicted molar refractivity (Wildman–Crippen MR) is 137 cm³/mol. The van der Waals surface area contributed by atoms with Crippen molar-refractivity contribution in [1.29, 1.82) is 0 Å². The van der Waals surface area contributed by atoms with Gasteiger partial charge in [-0.15, -0.1) is 37.2 Å². The average Bonchev–Trinajstić information content (AvgIpc) is 2.76. The van der Waals surface area contributed by atoms with Crippen LogP contribution in [0.25, 0.3) is 0 Å². The molecule has 2 heterocycles. The van der Waals surface area contributed by atoms with E-state index in [0.29, 0.717) is 6.04 Å². The van der Waals surface area contributed by atoms with E-state index < -0.39 is 0 Å². The van der Waals surface area contributed by atoms with Gasteiger partial charge in [0.15, 0.2) is 0 Å². The summed E-state index contributed by atoms with van der Waals surface area (Å²) < 4.78 is 5.45. The standard InChI is InChI=1S/C23H30ClN3O.3ClH/c24-22-8-6-21(7-9-22)23(20-4-2-1-3-5-20)27-14-12-25(13-15-27)10-11-26-16-18-28-19-17-26;;;/h1-9,23H,10-19H2;3*1H. The molecule has 31 heavy (non-hydrogen) atoms. The van der Waals surface area contributed by atoms with Crippen molar-refractivity contribution in [2.45, 2.75) is 6.04 Å². The van der Waals surface area contributed by atoms with Gasteiger partial charge in [-0.05, 0) is 23.3 Å². The van der Waals surface area contributed by atoms with Crippen molar-refractivity contribution in [3.05, 3.63) is 70.7 Å². The minimum atomic E-state index is 0. The zero-order valence-corrected chi connectivity index (χ0v) is 20.9. The Bertz CT molecular complexity index is 721. The minimum Gasteiger partial charge on any atom is -0.379 e. The first-order valence-electron chi connectivity index (χ1n) is 10.4. The molecule has 1 unspecified atom stereocenters. The molecule has 0 bridgehead atoms. The maximum absolute atomic E-state index is 6.13. The number of rotatable bonds is 6. The van der Waals surface area contributed by atoms with Crippen LogP contribution in [0.1, 0.15) is 17.2 Å². The largest absolute Gasteiger partial charge is 0.379 e. The molecule has 4 nitrogen and oxygen atoms in total. The molecule has 2 fully saturated rings. The Morgan fingerprint density at radius 2 is 1.19 bits per heavy atom. The summed E-state index contributed by atoms with van der Waals surface area (Å²) >= 11 is 6.13. The highest BCUT2D eigenvalue weighted by atomic mass is 35.5. The van der Waals surface area contributed by atoms with E-state index in [0.717, 1.165) is 70.6 Å². The summed E-state index contributed by atoms with van der Waals surface area (Å²) in [7, 11) is 0.